The number of ether oxygens (including phenoxy) is 1. The van der Waals surface area contributed by atoms with E-state index in [1.807, 2.05) is 44.2 Å². The number of thioether (sulfide) groups is 1. The van der Waals surface area contributed by atoms with Gasteiger partial charge in [0.15, 0.2) is 6.61 Å². The van der Waals surface area contributed by atoms with Crippen molar-refractivity contribution in [3.05, 3.63) is 81.7 Å². The van der Waals surface area contributed by atoms with Crippen molar-refractivity contribution in [1.29, 1.82) is 0 Å². The molecular weight excluding hydrogens is 424 g/mol. The lowest BCUT2D eigenvalue weighted by Crippen LogP contribution is -2.28. The van der Waals surface area contributed by atoms with Crippen molar-refractivity contribution in [3.63, 3.8) is 0 Å². The highest BCUT2D eigenvalue weighted by atomic mass is 35.5. The quantitative estimate of drug-likeness (QED) is 0.400. The van der Waals surface area contributed by atoms with E-state index in [0.717, 1.165) is 27.5 Å². The molecule has 3 aromatic rings. The van der Waals surface area contributed by atoms with Gasteiger partial charge >= 0.3 is 5.97 Å². The number of aromatic nitrogens is 1. The van der Waals surface area contributed by atoms with Crippen LogP contribution >= 0.6 is 23.4 Å². The molecule has 1 N–H and O–H groups in total. The number of hydrogen-bond donors (Lipinski definition) is 1. The number of nitrogens with zero attached hydrogens (tertiary/aromatic N) is 1. The third-order valence-electron chi connectivity index (χ3n) is 4.43. The summed E-state index contributed by atoms with van der Waals surface area (Å²) < 4.78 is 10.4. The van der Waals surface area contributed by atoms with Crippen LogP contribution in [0.5, 0.6) is 0 Å². The van der Waals surface area contributed by atoms with Crippen LogP contribution in [-0.2, 0) is 21.8 Å². The molecule has 0 aliphatic rings. The van der Waals surface area contributed by atoms with Crippen LogP contribution in [-0.4, -0.2) is 23.6 Å². The van der Waals surface area contributed by atoms with E-state index in [2.05, 4.69) is 10.5 Å². The Kier molecular flexibility index (Phi) is 7.54. The number of amides is 1. The number of benzene rings is 2. The maximum Gasteiger partial charge on any atom is 0.339 e. The Morgan fingerprint density at radius 3 is 2.60 bits per heavy atom. The van der Waals surface area contributed by atoms with Gasteiger partial charge in [-0.1, -0.05) is 47.1 Å². The van der Waals surface area contributed by atoms with E-state index in [1.54, 1.807) is 18.2 Å². The van der Waals surface area contributed by atoms with Gasteiger partial charge in [-0.3, -0.25) is 4.79 Å². The zero-order chi connectivity index (χ0) is 21.5. The van der Waals surface area contributed by atoms with Crippen LogP contribution in [0.2, 0.25) is 5.02 Å². The molecule has 1 aromatic heterocycles. The van der Waals surface area contributed by atoms with E-state index in [0.29, 0.717) is 16.3 Å². The summed E-state index contributed by atoms with van der Waals surface area (Å²) in [5.74, 6) is 0.424. The predicted octanol–water partition coefficient (Wildman–Crippen LogP) is 4.71. The van der Waals surface area contributed by atoms with Crippen LogP contribution in [0.3, 0.4) is 0 Å². The number of hydrogen-bond acceptors (Lipinski definition) is 6. The number of rotatable bonds is 8. The molecule has 1 amide bonds. The molecule has 30 heavy (non-hydrogen) atoms. The molecule has 156 valence electrons. The topological polar surface area (TPSA) is 81.4 Å². The first-order valence-electron chi connectivity index (χ1n) is 9.26. The second-order valence-corrected chi connectivity index (χ2v) is 7.96. The Balaban J connectivity index is 1.55. The number of carbonyl (C=O) groups excluding carboxylic acids is 2. The maximum absolute atomic E-state index is 12.5. The van der Waals surface area contributed by atoms with Crippen molar-refractivity contribution in [1.82, 2.24) is 10.5 Å². The second kappa shape index (κ2) is 10.3. The second-order valence-electron chi connectivity index (χ2n) is 6.53. The van der Waals surface area contributed by atoms with Crippen LogP contribution in [0, 0.1) is 13.8 Å². The highest BCUT2D eigenvalue weighted by Crippen LogP contribution is 2.29. The smallest absolute Gasteiger partial charge is 0.339 e. The molecule has 1 heterocycles. The zero-order valence-corrected chi connectivity index (χ0v) is 18.2. The molecule has 2 aromatic carbocycles. The third kappa shape index (κ3) is 5.64. The van der Waals surface area contributed by atoms with Crippen LogP contribution in [0.15, 0.2) is 57.9 Å². The van der Waals surface area contributed by atoms with Gasteiger partial charge in [-0.15, -0.1) is 11.8 Å². The summed E-state index contributed by atoms with van der Waals surface area (Å²) in [6.45, 7) is 3.64. The van der Waals surface area contributed by atoms with E-state index in [1.165, 1.54) is 11.8 Å². The molecule has 3 rings (SSSR count). The highest BCUT2D eigenvalue weighted by molar-refractivity contribution is 7.98. The molecule has 0 aliphatic heterocycles. The molecule has 0 unspecified atom stereocenters. The summed E-state index contributed by atoms with van der Waals surface area (Å²) in [4.78, 5) is 25.3. The number of esters is 1. The fourth-order valence-electron chi connectivity index (χ4n) is 2.71. The van der Waals surface area contributed by atoms with Crippen molar-refractivity contribution < 1.29 is 18.8 Å². The molecule has 0 spiro atoms. The average molecular weight is 445 g/mol. The van der Waals surface area contributed by atoms with Crippen LogP contribution in [0.25, 0.3) is 0 Å². The van der Waals surface area contributed by atoms with Gasteiger partial charge in [-0.25, -0.2) is 4.79 Å². The van der Waals surface area contributed by atoms with Crippen molar-refractivity contribution >= 4 is 35.2 Å². The molecule has 0 radical (unpaired) electrons. The van der Waals surface area contributed by atoms with Gasteiger partial charge in [0.1, 0.15) is 5.76 Å². The normalized spacial score (nSPS) is 10.6. The number of halogens is 1. The molecule has 0 aliphatic carbocycles. The Bertz CT molecular complexity index is 1030. The summed E-state index contributed by atoms with van der Waals surface area (Å²) in [5, 5.41) is 7.21. The lowest BCUT2D eigenvalue weighted by molar-refractivity contribution is -0.124. The first kappa shape index (κ1) is 21.9. The minimum atomic E-state index is -0.551. The molecule has 0 saturated heterocycles. The molecular formula is C22H21ClN2O4S. The van der Waals surface area contributed by atoms with Gasteiger partial charge < -0.3 is 14.6 Å². The zero-order valence-electron chi connectivity index (χ0n) is 16.6. The average Bonchev–Trinajstić information content (AvgIpc) is 3.07. The van der Waals surface area contributed by atoms with Crippen molar-refractivity contribution in [2.24, 2.45) is 0 Å². The summed E-state index contributed by atoms with van der Waals surface area (Å²) >= 11 is 7.56. The minimum absolute atomic E-state index is 0.264. The maximum atomic E-state index is 12.5. The molecule has 0 bridgehead atoms. The van der Waals surface area contributed by atoms with Crippen LogP contribution in [0.1, 0.15) is 32.9 Å². The number of aryl methyl sites for hydroxylation is 2. The fraction of sp³-hybridized carbons (Fsp3) is 0.227. The molecule has 6 nitrogen and oxygen atoms in total. The highest BCUT2D eigenvalue weighted by Gasteiger charge is 2.16. The molecule has 8 heteroatoms. The predicted molar refractivity (Wildman–Crippen MR) is 116 cm³/mol. The third-order valence-corrected chi connectivity index (χ3v) is 5.90. The monoisotopic (exact) mass is 444 g/mol. The van der Waals surface area contributed by atoms with E-state index in [9.17, 15) is 9.59 Å². The van der Waals surface area contributed by atoms with Crippen molar-refractivity contribution in [2.45, 2.75) is 31.0 Å². The van der Waals surface area contributed by atoms with E-state index >= 15 is 0 Å². The van der Waals surface area contributed by atoms with Crippen LogP contribution in [0.4, 0.5) is 0 Å². The van der Waals surface area contributed by atoms with Gasteiger partial charge in [-0.05, 0) is 37.6 Å². The summed E-state index contributed by atoms with van der Waals surface area (Å²) in [7, 11) is 0. The largest absolute Gasteiger partial charge is 0.452 e. The van der Waals surface area contributed by atoms with Crippen molar-refractivity contribution in [3.8, 4) is 0 Å². The first-order chi connectivity index (χ1) is 14.5. The number of nitrogens with one attached hydrogen (secondary N) is 1. The standard InChI is InChI=1S/C22H21ClN2O4S/c1-14-18(15(2)29-25-14)13-30-20-10-6-4-8-17(20)22(27)28-12-21(26)24-11-16-7-3-5-9-19(16)23/h3-10H,11-13H2,1-2H3,(H,24,26). The Morgan fingerprint density at radius 1 is 1.13 bits per heavy atom. The van der Waals surface area contributed by atoms with Gasteiger partial charge in [0.05, 0.1) is 11.3 Å². The number of carbonyl (C=O) groups is 2. The molecule has 0 fully saturated rings. The minimum Gasteiger partial charge on any atom is -0.452 e. The van der Waals surface area contributed by atoms with Gasteiger partial charge in [0.2, 0.25) is 0 Å². The molecule has 0 atom stereocenters. The lowest BCUT2D eigenvalue weighted by atomic mass is 10.2. The summed E-state index contributed by atoms with van der Waals surface area (Å²) in [6.07, 6.45) is 0. The Morgan fingerprint density at radius 2 is 1.87 bits per heavy atom. The Hall–Kier alpha value is -2.77. The first-order valence-corrected chi connectivity index (χ1v) is 10.6. The van der Waals surface area contributed by atoms with Gasteiger partial charge in [0, 0.05) is 27.8 Å². The SMILES string of the molecule is Cc1noc(C)c1CSc1ccccc1C(=O)OCC(=O)NCc1ccccc1Cl. The van der Waals surface area contributed by atoms with E-state index < -0.39 is 11.9 Å². The van der Waals surface area contributed by atoms with Gasteiger partial charge in [-0.2, -0.15) is 0 Å². The summed E-state index contributed by atoms with van der Waals surface area (Å²) in [6, 6.07) is 14.4. The van der Waals surface area contributed by atoms with Crippen LogP contribution < -0.4 is 5.32 Å². The molecule has 0 saturated carbocycles. The van der Waals surface area contributed by atoms with E-state index in [-0.39, 0.29) is 13.2 Å². The fourth-order valence-corrected chi connectivity index (χ4v) is 4.11. The van der Waals surface area contributed by atoms with Gasteiger partial charge in [0.25, 0.3) is 5.91 Å². The summed E-state index contributed by atoms with van der Waals surface area (Å²) in [5.41, 5.74) is 3.03. The van der Waals surface area contributed by atoms with Crippen molar-refractivity contribution in [2.75, 3.05) is 6.61 Å². The lowest BCUT2D eigenvalue weighted by Gasteiger charge is -2.10. The Labute approximate surface area is 183 Å². The van der Waals surface area contributed by atoms with E-state index in [4.69, 9.17) is 20.9 Å².